The topological polar surface area (TPSA) is 52.3 Å². The molecule has 0 aliphatic carbocycles. The average molecular weight is 309 g/mol. The summed E-state index contributed by atoms with van der Waals surface area (Å²) >= 11 is 0. The molecule has 0 spiro atoms. The second-order valence-corrected chi connectivity index (χ2v) is 4.80. The third-order valence-corrected chi connectivity index (χ3v) is 3.03. The number of hydrogen-bond donors (Lipinski definition) is 1. The maximum Gasteiger partial charge on any atom is 0.417 e. The van der Waals surface area contributed by atoms with E-state index in [0.717, 1.165) is 24.6 Å². The van der Waals surface area contributed by atoms with Crippen LogP contribution in [0.2, 0.25) is 0 Å². The van der Waals surface area contributed by atoms with Crippen molar-refractivity contribution < 1.29 is 22.7 Å². The van der Waals surface area contributed by atoms with Crippen LogP contribution in [-0.2, 0) is 12.8 Å². The molecule has 3 nitrogen and oxygen atoms in total. The number of rotatable bonds is 4. The summed E-state index contributed by atoms with van der Waals surface area (Å²) in [5, 5.41) is 0. The Hall–Kier alpha value is -2.50. The summed E-state index contributed by atoms with van der Waals surface area (Å²) in [4.78, 5) is 11.3. The zero-order chi connectivity index (χ0) is 16.3. The van der Waals surface area contributed by atoms with E-state index in [-0.39, 0.29) is 17.9 Å². The van der Waals surface area contributed by atoms with Crippen molar-refractivity contribution in [3.8, 4) is 5.75 Å². The van der Waals surface area contributed by atoms with Crippen LogP contribution in [0.15, 0.2) is 42.5 Å². The second kappa shape index (κ2) is 6.09. The number of hydrogen-bond acceptors (Lipinski definition) is 3. The van der Waals surface area contributed by atoms with Crippen LogP contribution in [0.1, 0.15) is 28.4 Å². The van der Waals surface area contributed by atoms with Gasteiger partial charge >= 0.3 is 6.18 Å². The fourth-order valence-electron chi connectivity index (χ4n) is 2.00. The zero-order valence-corrected chi connectivity index (χ0v) is 11.8. The van der Waals surface area contributed by atoms with Gasteiger partial charge in [0.2, 0.25) is 0 Å². The SMILES string of the molecule is CC(=O)c1ccc(OCc2cccc(N)c2)cc1C(F)(F)F. The van der Waals surface area contributed by atoms with E-state index in [1.807, 2.05) is 0 Å². The molecule has 116 valence electrons. The van der Waals surface area contributed by atoms with Crippen molar-refractivity contribution in [2.75, 3.05) is 5.73 Å². The highest BCUT2D eigenvalue weighted by molar-refractivity contribution is 5.95. The van der Waals surface area contributed by atoms with Crippen molar-refractivity contribution in [1.82, 2.24) is 0 Å². The maximum absolute atomic E-state index is 13.0. The van der Waals surface area contributed by atoms with Gasteiger partial charge in [-0.3, -0.25) is 4.79 Å². The minimum Gasteiger partial charge on any atom is -0.489 e. The van der Waals surface area contributed by atoms with E-state index in [0.29, 0.717) is 5.69 Å². The summed E-state index contributed by atoms with van der Waals surface area (Å²) in [6.07, 6.45) is -4.61. The van der Waals surface area contributed by atoms with E-state index in [9.17, 15) is 18.0 Å². The van der Waals surface area contributed by atoms with Crippen LogP contribution in [-0.4, -0.2) is 5.78 Å². The van der Waals surface area contributed by atoms with E-state index >= 15 is 0 Å². The van der Waals surface area contributed by atoms with Gasteiger partial charge < -0.3 is 10.5 Å². The number of nitrogen functional groups attached to an aromatic ring is 1. The van der Waals surface area contributed by atoms with Gasteiger partial charge in [-0.15, -0.1) is 0 Å². The highest BCUT2D eigenvalue weighted by Crippen LogP contribution is 2.34. The number of ether oxygens (including phenoxy) is 1. The van der Waals surface area contributed by atoms with E-state index in [4.69, 9.17) is 10.5 Å². The first-order valence-corrected chi connectivity index (χ1v) is 6.47. The van der Waals surface area contributed by atoms with Crippen LogP contribution >= 0.6 is 0 Å². The molecule has 0 heterocycles. The number of benzene rings is 2. The van der Waals surface area contributed by atoms with Crippen molar-refractivity contribution in [2.45, 2.75) is 19.7 Å². The van der Waals surface area contributed by atoms with E-state index in [2.05, 4.69) is 0 Å². The molecule has 22 heavy (non-hydrogen) atoms. The minimum absolute atomic E-state index is 0.0414. The maximum atomic E-state index is 13.0. The Bertz CT molecular complexity index is 696. The average Bonchev–Trinajstić information content (AvgIpc) is 2.44. The summed E-state index contributed by atoms with van der Waals surface area (Å²) in [5.41, 5.74) is 5.54. The number of ketones is 1. The van der Waals surface area contributed by atoms with Crippen LogP contribution in [0.3, 0.4) is 0 Å². The lowest BCUT2D eigenvalue weighted by Gasteiger charge is -2.13. The van der Waals surface area contributed by atoms with Crippen molar-refractivity contribution in [3.63, 3.8) is 0 Å². The Morgan fingerprint density at radius 2 is 1.91 bits per heavy atom. The number of anilines is 1. The number of alkyl halides is 3. The highest BCUT2D eigenvalue weighted by atomic mass is 19.4. The van der Waals surface area contributed by atoms with Crippen LogP contribution in [0.25, 0.3) is 0 Å². The number of carbonyl (C=O) groups is 1. The van der Waals surface area contributed by atoms with Crippen molar-refractivity contribution in [1.29, 1.82) is 0 Å². The minimum atomic E-state index is -4.61. The summed E-state index contributed by atoms with van der Waals surface area (Å²) in [5.74, 6) is -0.602. The summed E-state index contributed by atoms with van der Waals surface area (Å²) in [7, 11) is 0. The normalized spacial score (nSPS) is 11.3. The molecule has 0 radical (unpaired) electrons. The molecule has 0 aliphatic heterocycles. The fraction of sp³-hybridized carbons (Fsp3) is 0.188. The van der Waals surface area contributed by atoms with Gasteiger partial charge in [0.05, 0.1) is 5.56 Å². The quantitative estimate of drug-likeness (QED) is 0.684. The molecule has 2 aromatic carbocycles. The summed E-state index contributed by atoms with van der Waals surface area (Å²) in [6, 6.07) is 10.2. The number of nitrogens with two attached hydrogens (primary N) is 1. The zero-order valence-electron chi connectivity index (χ0n) is 11.8. The van der Waals surface area contributed by atoms with Crippen LogP contribution in [0.5, 0.6) is 5.75 Å². The predicted molar refractivity (Wildman–Crippen MR) is 76.6 cm³/mol. The van der Waals surface area contributed by atoms with Gasteiger partial charge in [0, 0.05) is 11.3 Å². The summed E-state index contributed by atoms with van der Waals surface area (Å²) < 4.78 is 44.3. The van der Waals surface area contributed by atoms with Gasteiger partial charge in [0.25, 0.3) is 0 Å². The lowest BCUT2D eigenvalue weighted by molar-refractivity contribution is -0.138. The van der Waals surface area contributed by atoms with Crippen LogP contribution < -0.4 is 10.5 Å². The molecular formula is C16H14F3NO2. The largest absolute Gasteiger partial charge is 0.489 e. The van der Waals surface area contributed by atoms with Gasteiger partial charge in [-0.1, -0.05) is 12.1 Å². The Morgan fingerprint density at radius 3 is 2.50 bits per heavy atom. The molecule has 0 saturated carbocycles. The lowest BCUT2D eigenvalue weighted by Crippen LogP contribution is -2.12. The van der Waals surface area contributed by atoms with Crippen LogP contribution in [0.4, 0.5) is 18.9 Å². The first-order chi connectivity index (χ1) is 10.3. The number of Topliss-reactive ketones (excluding diaryl/α,β-unsaturated/α-hetero) is 1. The molecule has 0 amide bonds. The molecule has 0 fully saturated rings. The first kappa shape index (κ1) is 15.9. The molecule has 6 heteroatoms. The molecule has 0 aliphatic rings. The molecule has 0 atom stereocenters. The van der Waals surface area contributed by atoms with Crippen LogP contribution in [0, 0.1) is 0 Å². The molecule has 2 rings (SSSR count). The molecule has 0 bridgehead atoms. The molecular weight excluding hydrogens is 295 g/mol. The molecule has 0 unspecified atom stereocenters. The molecule has 2 aromatic rings. The van der Waals surface area contributed by atoms with E-state index in [1.54, 1.807) is 24.3 Å². The Morgan fingerprint density at radius 1 is 1.18 bits per heavy atom. The predicted octanol–water partition coefficient (Wildman–Crippen LogP) is 4.07. The first-order valence-electron chi connectivity index (χ1n) is 6.47. The smallest absolute Gasteiger partial charge is 0.417 e. The molecule has 0 aromatic heterocycles. The Kier molecular flexibility index (Phi) is 4.40. The number of carbonyl (C=O) groups excluding carboxylic acids is 1. The third-order valence-electron chi connectivity index (χ3n) is 3.03. The van der Waals surface area contributed by atoms with Crippen molar-refractivity contribution >= 4 is 11.5 Å². The highest BCUT2D eigenvalue weighted by Gasteiger charge is 2.34. The van der Waals surface area contributed by atoms with Gasteiger partial charge in [0.15, 0.2) is 5.78 Å². The van der Waals surface area contributed by atoms with Gasteiger partial charge in [0.1, 0.15) is 12.4 Å². The van der Waals surface area contributed by atoms with Gasteiger partial charge in [-0.05, 0) is 42.8 Å². The lowest BCUT2D eigenvalue weighted by atomic mass is 10.0. The Labute approximate surface area is 125 Å². The third kappa shape index (κ3) is 3.78. The van der Waals surface area contributed by atoms with Crippen molar-refractivity contribution in [3.05, 3.63) is 59.2 Å². The number of halogens is 3. The van der Waals surface area contributed by atoms with Gasteiger partial charge in [-0.25, -0.2) is 0 Å². The fourth-order valence-corrected chi connectivity index (χ4v) is 2.00. The second-order valence-electron chi connectivity index (χ2n) is 4.80. The monoisotopic (exact) mass is 309 g/mol. The van der Waals surface area contributed by atoms with E-state index < -0.39 is 17.5 Å². The standard InChI is InChI=1S/C16H14F3NO2/c1-10(21)14-6-5-13(8-15(14)16(17,18)19)22-9-11-3-2-4-12(20)7-11/h2-8H,9,20H2,1H3. The molecule has 0 saturated heterocycles. The van der Waals surface area contributed by atoms with Gasteiger partial charge in [-0.2, -0.15) is 13.2 Å². The van der Waals surface area contributed by atoms with Crippen molar-refractivity contribution in [2.24, 2.45) is 0 Å². The molecule has 2 N–H and O–H groups in total. The Balaban J connectivity index is 2.24. The summed E-state index contributed by atoms with van der Waals surface area (Å²) in [6.45, 7) is 1.18. The van der Waals surface area contributed by atoms with E-state index in [1.165, 1.54) is 6.07 Å².